The average molecular weight is 269 g/mol. The summed E-state index contributed by atoms with van der Waals surface area (Å²) in [6.07, 6.45) is 2.62. The molecule has 1 saturated heterocycles. The molecule has 0 aliphatic carbocycles. The lowest BCUT2D eigenvalue weighted by molar-refractivity contribution is 0.151. The van der Waals surface area contributed by atoms with Crippen molar-refractivity contribution in [2.75, 3.05) is 39.3 Å². The maximum atomic E-state index is 3.56. The highest BCUT2D eigenvalue weighted by atomic mass is 15.2. The predicted octanol–water partition coefficient (Wildman–Crippen LogP) is 2.43. The molecule has 1 atom stereocenters. The van der Waals surface area contributed by atoms with Gasteiger partial charge in [0.2, 0.25) is 0 Å². The molecule has 1 N–H and O–H groups in total. The number of nitrogens with zero attached hydrogens (tertiary/aromatic N) is 2. The first kappa shape index (κ1) is 16.9. The van der Waals surface area contributed by atoms with Crippen LogP contribution in [0.3, 0.4) is 0 Å². The molecular formula is C16H35N3. The maximum absolute atomic E-state index is 3.56. The van der Waals surface area contributed by atoms with E-state index in [1.54, 1.807) is 0 Å². The third kappa shape index (κ3) is 6.24. The van der Waals surface area contributed by atoms with E-state index in [1.807, 2.05) is 0 Å². The molecule has 0 aromatic carbocycles. The standard InChI is InChI=1S/C16H35N3/c1-6-8-17-12-16-7-9-18(13-16)10-11-19(14(2)3)15(4)5/h14-17H,6-13H2,1-5H3. The van der Waals surface area contributed by atoms with Crippen LogP contribution in [0.5, 0.6) is 0 Å². The summed E-state index contributed by atoms with van der Waals surface area (Å²) in [4.78, 5) is 5.25. The van der Waals surface area contributed by atoms with Crippen molar-refractivity contribution >= 4 is 0 Å². The van der Waals surface area contributed by atoms with Crippen LogP contribution in [0, 0.1) is 5.92 Å². The summed E-state index contributed by atoms with van der Waals surface area (Å²) in [6, 6.07) is 1.31. The molecular weight excluding hydrogens is 234 g/mol. The monoisotopic (exact) mass is 269 g/mol. The van der Waals surface area contributed by atoms with Gasteiger partial charge in [0.1, 0.15) is 0 Å². The zero-order valence-electron chi connectivity index (χ0n) is 13.8. The summed E-state index contributed by atoms with van der Waals surface area (Å²) in [5.74, 6) is 0.873. The Bertz CT molecular complexity index is 220. The molecule has 3 nitrogen and oxygen atoms in total. The van der Waals surface area contributed by atoms with Gasteiger partial charge < -0.3 is 10.2 Å². The Morgan fingerprint density at radius 1 is 1.21 bits per heavy atom. The van der Waals surface area contributed by atoms with Crippen LogP contribution in [-0.2, 0) is 0 Å². The predicted molar refractivity (Wildman–Crippen MR) is 84.7 cm³/mol. The Hall–Kier alpha value is -0.120. The van der Waals surface area contributed by atoms with Gasteiger partial charge in [-0.1, -0.05) is 6.92 Å². The maximum Gasteiger partial charge on any atom is 0.0115 e. The molecule has 1 heterocycles. The van der Waals surface area contributed by atoms with E-state index in [-0.39, 0.29) is 0 Å². The molecule has 0 radical (unpaired) electrons. The minimum atomic E-state index is 0.657. The topological polar surface area (TPSA) is 18.5 Å². The molecule has 3 heteroatoms. The minimum Gasteiger partial charge on any atom is -0.316 e. The van der Waals surface area contributed by atoms with E-state index < -0.39 is 0 Å². The van der Waals surface area contributed by atoms with Crippen molar-refractivity contribution < 1.29 is 0 Å². The van der Waals surface area contributed by atoms with Gasteiger partial charge in [-0.3, -0.25) is 4.90 Å². The van der Waals surface area contributed by atoms with Crippen molar-refractivity contribution in [2.45, 2.75) is 59.5 Å². The molecule has 0 spiro atoms. The quantitative estimate of drug-likeness (QED) is 0.649. The van der Waals surface area contributed by atoms with Crippen LogP contribution in [0.15, 0.2) is 0 Å². The lowest BCUT2D eigenvalue weighted by Crippen LogP contribution is -2.42. The Morgan fingerprint density at radius 2 is 1.89 bits per heavy atom. The van der Waals surface area contributed by atoms with Crippen LogP contribution in [0.4, 0.5) is 0 Å². The second kappa shape index (κ2) is 8.93. The van der Waals surface area contributed by atoms with E-state index in [0.717, 1.165) is 5.92 Å². The molecule has 1 aliphatic heterocycles. The molecule has 1 rings (SSSR count). The second-order valence-electron chi connectivity index (χ2n) is 6.58. The molecule has 1 unspecified atom stereocenters. The highest BCUT2D eigenvalue weighted by Gasteiger charge is 2.23. The summed E-state index contributed by atoms with van der Waals surface area (Å²) in [7, 11) is 0. The van der Waals surface area contributed by atoms with Crippen molar-refractivity contribution in [3.63, 3.8) is 0 Å². The van der Waals surface area contributed by atoms with E-state index in [2.05, 4.69) is 49.7 Å². The van der Waals surface area contributed by atoms with Crippen LogP contribution < -0.4 is 5.32 Å². The molecule has 0 bridgehead atoms. The summed E-state index contributed by atoms with van der Waals surface area (Å²) in [6.45, 7) is 18.9. The zero-order valence-corrected chi connectivity index (χ0v) is 13.8. The average Bonchev–Trinajstić information content (AvgIpc) is 2.77. The SMILES string of the molecule is CCCNCC1CCN(CCN(C(C)C)C(C)C)C1. The van der Waals surface area contributed by atoms with Gasteiger partial charge in [-0.25, -0.2) is 0 Å². The number of nitrogens with one attached hydrogen (secondary N) is 1. The van der Waals surface area contributed by atoms with Gasteiger partial charge in [0.05, 0.1) is 0 Å². The van der Waals surface area contributed by atoms with Crippen molar-refractivity contribution in [3.05, 3.63) is 0 Å². The van der Waals surface area contributed by atoms with E-state index >= 15 is 0 Å². The van der Waals surface area contributed by atoms with E-state index in [1.165, 1.54) is 52.1 Å². The first-order valence-corrected chi connectivity index (χ1v) is 8.23. The Kier molecular flexibility index (Phi) is 7.96. The lowest BCUT2D eigenvalue weighted by Gasteiger charge is -2.32. The lowest BCUT2D eigenvalue weighted by atomic mass is 10.1. The molecule has 1 aliphatic rings. The summed E-state index contributed by atoms with van der Waals surface area (Å²) < 4.78 is 0. The largest absolute Gasteiger partial charge is 0.316 e. The second-order valence-corrected chi connectivity index (χ2v) is 6.58. The minimum absolute atomic E-state index is 0.657. The van der Waals surface area contributed by atoms with Crippen molar-refractivity contribution in [1.82, 2.24) is 15.1 Å². The van der Waals surface area contributed by atoms with Gasteiger partial charge in [0, 0.05) is 31.7 Å². The van der Waals surface area contributed by atoms with Gasteiger partial charge in [-0.2, -0.15) is 0 Å². The first-order valence-electron chi connectivity index (χ1n) is 8.23. The number of rotatable bonds is 9. The van der Waals surface area contributed by atoms with Gasteiger partial charge in [-0.05, 0) is 66.1 Å². The molecule has 0 aromatic rings. The summed E-state index contributed by atoms with van der Waals surface area (Å²) >= 11 is 0. The number of likely N-dealkylation sites (tertiary alicyclic amines) is 1. The Morgan fingerprint density at radius 3 is 2.47 bits per heavy atom. The van der Waals surface area contributed by atoms with Crippen LogP contribution in [0.1, 0.15) is 47.5 Å². The molecule has 114 valence electrons. The fraction of sp³-hybridized carbons (Fsp3) is 1.00. The highest BCUT2D eigenvalue weighted by Crippen LogP contribution is 2.15. The van der Waals surface area contributed by atoms with Crippen molar-refractivity contribution in [3.8, 4) is 0 Å². The van der Waals surface area contributed by atoms with E-state index in [9.17, 15) is 0 Å². The third-order valence-corrected chi connectivity index (χ3v) is 4.23. The number of hydrogen-bond acceptors (Lipinski definition) is 3. The smallest absolute Gasteiger partial charge is 0.0115 e. The Labute approximate surface area is 120 Å². The van der Waals surface area contributed by atoms with Gasteiger partial charge in [0.25, 0.3) is 0 Å². The summed E-state index contributed by atoms with van der Waals surface area (Å²) in [5, 5.41) is 3.56. The highest BCUT2D eigenvalue weighted by molar-refractivity contribution is 4.79. The van der Waals surface area contributed by atoms with E-state index in [0.29, 0.717) is 12.1 Å². The number of hydrogen-bond donors (Lipinski definition) is 1. The van der Waals surface area contributed by atoms with Crippen molar-refractivity contribution in [2.24, 2.45) is 5.92 Å². The van der Waals surface area contributed by atoms with Crippen LogP contribution in [0.2, 0.25) is 0 Å². The van der Waals surface area contributed by atoms with Crippen LogP contribution in [0.25, 0.3) is 0 Å². The van der Waals surface area contributed by atoms with Crippen LogP contribution >= 0.6 is 0 Å². The molecule has 1 fully saturated rings. The Balaban J connectivity index is 2.20. The van der Waals surface area contributed by atoms with Gasteiger partial charge in [0.15, 0.2) is 0 Å². The zero-order chi connectivity index (χ0) is 14.3. The molecule has 0 saturated carbocycles. The van der Waals surface area contributed by atoms with Crippen molar-refractivity contribution in [1.29, 1.82) is 0 Å². The van der Waals surface area contributed by atoms with Crippen LogP contribution in [-0.4, -0.2) is 61.2 Å². The molecule has 0 amide bonds. The third-order valence-electron chi connectivity index (χ3n) is 4.23. The summed E-state index contributed by atoms with van der Waals surface area (Å²) in [5.41, 5.74) is 0. The first-order chi connectivity index (χ1) is 9.04. The van der Waals surface area contributed by atoms with E-state index in [4.69, 9.17) is 0 Å². The fourth-order valence-corrected chi connectivity index (χ4v) is 3.14. The molecule has 0 aromatic heterocycles. The normalized spacial score (nSPS) is 21.2. The fourth-order valence-electron chi connectivity index (χ4n) is 3.14. The molecule has 19 heavy (non-hydrogen) atoms. The van der Waals surface area contributed by atoms with Gasteiger partial charge >= 0.3 is 0 Å². The van der Waals surface area contributed by atoms with Gasteiger partial charge in [-0.15, -0.1) is 0 Å².